The normalized spacial score (nSPS) is 10.3. The maximum Gasteiger partial charge on any atom is 0.287 e. The first kappa shape index (κ1) is 12.6. The molecule has 0 amide bonds. The van der Waals surface area contributed by atoms with Crippen molar-refractivity contribution < 1.29 is 14.1 Å². The second-order valence-corrected chi connectivity index (χ2v) is 4.11. The van der Waals surface area contributed by atoms with Gasteiger partial charge in [-0.1, -0.05) is 11.6 Å². The van der Waals surface area contributed by atoms with Gasteiger partial charge in [0.1, 0.15) is 5.76 Å². The van der Waals surface area contributed by atoms with Crippen molar-refractivity contribution in [1.29, 1.82) is 0 Å². The first-order valence-electron chi connectivity index (χ1n) is 4.73. The summed E-state index contributed by atoms with van der Waals surface area (Å²) >= 11 is 11.2. The first-order valence-corrected chi connectivity index (χ1v) is 5.48. The quantitative estimate of drug-likeness (QED) is 0.487. The SMILES string of the molecule is O=C(Cl)c1ccc(-c2cc([N+](=O)[O-])ccc2Cl)o1. The topological polar surface area (TPSA) is 73.3 Å². The van der Waals surface area contributed by atoms with Crippen molar-refractivity contribution in [1.82, 2.24) is 0 Å². The molecule has 0 aliphatic carbocycles. The summed E-state index contributed by atoms with van der Waals surface area (Å²) in [5, 5.41) is 10.2. The predicted octanol–water partition coefficient (Wildman–Crippen LogP) is 3.89. The summed E-state index contributed by atoms with van der Waals surface area (Å²) in [5.41, 5.74) is 0.208. The minimum absolute atomic E-state index is 0.0470. The molecule has 0 fully saturated rings. The molecule has 2 rings (SSSR count). The zero-order valence-corrected chi connectivity index (χ0v) is 10.2. The molecule has 2 aromatic rings. The van der Waals surface area contributed by atoms with Crippen molar-refractivity contribution in [2.75, 3.05) is 0 Å². The molecule has 7 heteroatoms. The molecule has 0 aliphatic heterocycles. The fourth-order valence-electron chi connectivity index (χ4n) is 1.40. The van der Waals surface area contributed by atoms with Crippen LogP contribution in [0.4, 0.5) is 5.69 Å². The zero-order valence-electron chi connectivity index (χ0n) is 8.72. The molecule has 18 heavy (non-hydrogen) atoms. The van der Waals surface area contributed by atoms with Gasteiger partial charge in [0.2, 0.25) is 0 Å². The lowest BCUT2D eigenvalue weighted by Gasteiger charge is -2.00. The smallest absolute Gasteiger partial charge is 0.287 e. The Bertz CT molecular complexity index is 636. The number of nitrogens with zero attached hydrogens (tertiary/aromatic N) is 1. The number of carbonyl (C=O) groups is 1. The molecule has 0 N–H and O–H groups in total. The minimum atomic E-state index is -0.747. The number of halogens is 2. The molecule has 0 aliphatic rings. The van der Waals surface area contributed by atoms with Crippen LogP contribution in [0.5, 0.6) is 0 Å². The van der Waals surface area contributed by atoms with E-state index >= 15 is 0 Å². The monoisotopic (exact) mass is 285 g/mol. The van der Waals surface area contributed by atoms with Crippen molar-refractivity contribution >= 4 is 34.1 Å². The van der Waals surface area contributed by atoms with Gasteiger partial charge in [-0.3, -0.25) is 14.9 Å². The zero-order chi connectivity index (χ0) is 13.3. The van der Waals surface area contributed by atoms with Crippen LogP contribution in [0.1, 0.15) is 10.6 Å². The van der Waals surface area contributed by atoms with Crippen LogP contribution in [0.15, 0.2) is 34.7 Å². The van der Waals surface area contributed by atoms with Gasteiger partial charge in [-0.05, 0) is 29.8 Å². The molecule has 0 spiro atoms. The van der Waals surface area contributed by atoms with Gasteiger partial charge in [0, 0.05) is 17.7 Å². The fraction of sp³-hybridized carbons (Fsp3) is 0. The highest BCUT2D eigenvalue weighted by Crippen LogP contribution is 2.32. The van der Waals surface area contributed by atoms with E-state index in [0.717, 1.165) is 0 Å². The fourth-order valence-corrected chi connectivity index (χ4v) is 1.72. The van der Waals surface area contributed by atoms with Gasteiger partial charge in [-0.15, -0.1) is 0 Å². The maximum absolute atomic E-state index is 10.9. The highest BCUT2D eigenvalue weighted by molar-refractivity contribution is 6.67. The molecule has 0 atom stereocenters. The van der Waals surface area contributed by atoms with E-state index < -0.39 is 10.2 Å². The van der Waals surface area contributed by atoms with Crippen molar-refractivity contribution in [2.24, 2.45) is 0 Å². The van der Waals surface area contributed by atoms with Gasteiger partial charge >= 0.3 is 0 Å². The van der Waals surface area contributed by atoms with Gasteiger partial charge in [0.25, 0.3) is 10.9 Å². The molecule has 92 valence electrons. The Balaban J connectivity index is 2.51. The van der Waals surface area contributed by atoms with Crippen LogP contribution in [-0.4, -0.2) is 10.2 Å². The van der Waals surface area contributed by atoms with E-state index in [1.807, 2.05) is 0 Å². The van der Waals surface area contributed by atoms with E-state index in [9.17, 15) is 14.9 Å². The number of non-ortho nitro benzene ring substituents is 1. The third-order valence-electron chi connectivity index (χ3n) is 2.23. The number of carbonyl (C=O) groups excluding carboxylic acids is 1. The summed E-state index contributed by atoms with van der Waals surface area (Å²) in [5.74, 6) is 0.196. The second-order valence-electron chi connectivity index (χ2n) is 3.36. The number of nitro benzene ring substituents is 1. The number of hydrogen-bond donors (Lipinski definition) is 0. The molecule has 0 radical (unpaired) electrons. The molecular weight excluding hydrogens is 281 g/mol. The van der Waals surface area contributed by atoms with Crippen LogP contribution in [0.2, 0.25) is 5.02 Å². The summed E-state index contributed by atoms with van der Waals surface area (Å²) < 4.78 is 5.16. The molecule has 1 heterocycles. The van der Waals surface area contributed by atoms with Gasteiger partial charge in [0.15, 0.2) is 5.76 Å². The Kier molecular flexibility index (Phi) is 3.36. The molecule has 1 aromatic carbocycles. The molecular formula is C11H5Cl2NO4. The second kappa shape index (κ2) is 4.80. The Labute approximate surface area is 111 Å². The van der Waals surface area contributed by atoms with Crippen LogP contribution in [0.3, 0.4) is 0 Å². The van der Waals surface area contributed by atoms with Crippen LogP contribution in [-0.2, 0) is 0 Å². The van der Waals surface area contributed by atoms with Crippen molar-refractivity contribution in [3.8, 4) is 11.3 Å². The Morgan fingerprint density at radius 2 is 2.00 bits per heavy atom. The lowest BCUT2D eigenvalue weighted by molar-refractivity contribution is -0.384. The van der Waals surface area contributed by atoms with E-state index in [2.05, 4.69) is 0 Å². The molecule has 1 aromatic heterocycles. The summed E-state index contributed by atoms with van der Waals surface area (Å²) in [6.07, 6.45) is 0. The van der Waals surface area contributed by atoms with E-state index in [4.69, 9.17) is 27.6 Å². The van der Waals surface area contributed by atoms with Gasteiger partial charge in [-0.25, -0.2) is 0 Å². The van der Waals surface area contributed by atoms with Crippen LogP contribution in [0, 0.1) is 10.1 Å². The summed E-state index contributed by atoms with van der Waals surface area (Å²) in [6.45, 7) is 0. The average Bonchev–Trinajstić information content (AvgIpc) is 2.78. The summed E-state index contributed by atoms with van der Waals surface area (Å²) in [7, 11) is 0. The predicted molar refractivity (Wildman–Crippen MR) is 66.0 cm³/mol. The third-order valence-corrected chi connectivity index (χ3v) is 2.74. The van der Waals surface area contributed by atoms with Gasteiger partial charge in [-0.2, -0.15) is 0 Å². The van der Waals surface area contributed by atoms with Crippen molar-refractivity contribution in [3.05, 3.63) is 51.2 Å². The number of nitro groups is 1. The third kappa shape index (κ3) is 2.37. The minimum Gasteiger partial charge on any atom is -0.452 e. The Hall–Kier alpha value is -1.85. The number of rotatable bonds is 3. The van der Waals surface area contributed by atoms with E-state index in [-0.39, 0.29) is 22.2 Å². The summed E-state index contributed by atoms with van der Waals surface area (Å²) in [4.78, 5) is 21.0. The molecule has 0 saturated heterocycles. The van der Waals surface area contributed by atoms with Crippen LogP contribution < -0.4 is 0 Å². The van der Waals surface area contributed by atoms with Crippen LogP contribution >= 0.6 is 23.2 Å². The van der Waals surface area contributed by atoms with Gasteiger partial charge in [0.05, 0.1) is 9.95 Å². The van der Waals surface area contributed by atoms with E-state index in [1.165, 1.54) is 30.3 Å². The van der Waals surface area contributed by atoms with Crippen LogP contribution in [0.25, 0.3) is 11.3 Å². The Morgan fingerprint density at radius 3 is 2.56 bits per heavy atom. The number of benzene rings is 1. The lowest BCUT2D eigenvalue weighted by atomic mass is 10.1. The molecule has 0 saturated carbocycles. The maximum atomic E-state index is 10.9. The number of furan rings is 1. The first-order chi connectivity index (χ1) is 8.49. The highest BCUT2D eigenvalue weighted by atomic mass is 35.5. The largest absolute Gasteiger partial charge is 0.452 e. The van der Waals surface area contributed by atoms with Gasteiger partial charge < -0.3 is 4.42 Å². The molecule has 0 unspecified atom stereocenters. The van der Waals surface area contributed by atoms with Crippen molar-refractivity contribution in [3.63, 3.8) is 0 Å². The average molecular weight is 286 g/mol. The van der Waals surface area contributed by atoms with Crippen molar-refractivity contribution in [2.45, 2.75) is 0 Å². The van der Waals surface area contributed by atoms with E-state index in [1.54, 1.807) is 0 Å². The standard InChI is InChI=1S/C11H5Cl2NO4/c12-8-2-1-6(14(16)17)5-7(8)9-3-4-10(18-9)11(13)15/h1-5H. The summed E-state index contributed by atoms with van der Waals surface area (Å²) in [6, 6.07) is 6.78. The lowest BCUT2D eigenvalue weighted by Crippen LogP contribution is -1.88. The number of hydrogen-bond acceptors (Lipinski definition) is 4. The van der Waals surface area contributed by atoms with E-state index in [0.29, 0.717) is 5.56 Å². The highest BCUT2D eigenvalue weighted by Gasteiger charge is 2.15. The Morgan fingerprint density at radius 1 is 1.28 bits per heavy atom. The molecule has 5 nitrogen and oxygen atoms in total. The molecule has 0 bridgehead atoms.